The van der Waals surface area contributed by atoms with Crippen LogP contribution in [0.1, 0.15) is 58.9 Å². The molecule has 1 fully saturated rings. The van der Waals surface area contributed by atoms with E-state index in [1.54, 1.807) is 37.3 Å². The van der Waals surface area contributed by atoms with Crippen LogP contribution in [0.5, 0.6) is 11.5 Å². The molecule has 2 atom stereocenters. The highest BCUT2D eigenvalue weighted by Gasteiger charge is 2.48. The molecular formula is C33H31Cl2FN4O5. The fourth-order valence-electron chi connectivity index (χ4n) is 5.86. The van der Waals surface area contributed by atoms with E-state index >= 15 is 0 Å². The largest absolute Gasteiger partial charge is 0.494 e. The molecule has 45 heavy (non-hydrogen) atoms. The second-order valence-corrected chi connectivity index (χ2v) is 12.4. The van der Waals surface area contributed by atoms with Crippen LogP contribution in [0.15, 0.2) is 42.5 Å². The Kier molecular flexibility index (Phi) is 8.32. The number of nitrogens with zero attached hydrogens (tertiary/aromatic N) is 2. The first kappa shape index (κ1) is 31.0. The van der Waals surface area contributed by atoms with Gasteiger partial charge in [-0.05, 0) is 62.4 Å². The van der Waals surface area contributed by atoms with Crippen LogP contribution in [0.2, 0.25) is 10.0 Å². The Morgan fingerprint density at radius 3 is 2.69 bits per heavy atom. The van der Waals surface area contributed by atoms with E-state index in [1.165, 1.54) is 19.2 Å². The van der Waals surface area contributed by atoms with Gasteiger partial charge in [0.05, 0.1) is 41.7 Å². The predicted octanol–water partition coefficient (Wildman–Crippen LogP) is 5.83. The molecule has 0 bridgehead atoms. The summed E-state index contributed by atoms with van der Waals surface area (Å²) in [5, 5.41) is 16.1. The zero-order valence-corrected chi connectivity index (χ0v) is 26.1. The molecule has 0 radical (unpaired) electrons. The second kappa shape index (κ2) is 12.1. The zero-order valence-electron chi connectivity index (χ0n) is 24.6. The van der Waals surface area contributed by atoms with Gasteiger partial charge in [0.2, 0.25) is 5.91 Å². The molecule has 4 N–H and O–H groups in total. The van der Waals surface area contributed by atoms with Gasteiger partial charge in [-0.2, -0.15) is 0 Å². The van der Waals surface area contributed by atoms with E-state index in [2.05, 4.69) is 10.3 Å². The third-order valence-corrected chi connectivity index (χ3v) is 9.29. The minimum absolute atomic E-state index is 0.133. The first-order valence-corrected chi connectivity index (χ1v) is 15.3. The number of ether oxygens (including phenoxy) is 2. The molecule has 4 aromatic rings. The lowest BCUT2D eigenvalue weighted by atomic mass is 9.87. The first-order valence-electron chi connectivity index (χ1n) is 14.6. The quantitative estimate of drug-likeness (QED) is 0.196. The third-order valence-electron chi connectivity index (χ3n) is 8.52. The van der Waals surface area contributed by atoms with Crippen molar-refractivity contribution in [2.24, 2.45) is 11.7 Å². The number of rotatable bonds is 10. The summed E-state index contributed by atoms with van der Waals surface area (Å²) in [5.74, 6) is -1.09. The lowest BCUT2D eigenvalue weighted by Gasteiger charge is -2.29. The van der Waals surface area contributed by atoms with Crippen molar-refractivity contribution < 1.29 is 28.6 Å². The number of methoxy groups -OCH3 is 1. The maximum atomic E-state index is 14.6. The number of nitrogens with two attached hydrogens (primary N) is 1. The monoisotopic (exact) mass is 652 g/mol. The molecule has 6 rings (SSSR count). The van der Waals surface area contributed by atoms with Crippen LogP contribution in [0.3, 0.4) is 0 Å². The molecule has 234 valence electrons. The van der Waals surface area contributed by atoms with Gasteiger partial charge in [0.1, 0.15) is 34.1 Å². The Hall–Kier alpha value is -3.99. The normalized spacial score (nSPS) is 17.0. The number of fused-ring (bicyclic) bond motifs is 2. The number of nitrogens with one attached hydrogen (secondary N) is 1. The SMILES string of the molecule is COc1cc(C(=O)NCC(O)(c2cc3c(c(-c4cccc(F)c4Cl)n2)OC[C@H]3CCC(N)=O)C2CC2)cc2cc(Cl)c(C)nc12. The topological polar surface area (TPSA) is 137 Å². The minimum Gasteiger partial charge on any atom is -0.494 e. The summed E-state index contributed by atoms with van der Waals surface area (Å²) in [4.78, 5) is 34.4. The number of hydrogen-bond donors (Lipinski definition) is 3. The molecule has 3 heterocycles. The Labute approximate surface area is 268 Å². The van der Waals surface area contributed by atoms with Crippen LogP contribution >= 0.6 is 23.2 Å². The number of aliphatic hydroxyl groups is 1. The van der Waals surface area contributed by atoms with Crippen molar-refractivity contribution in [2.75, 3.05) is 20.3 Å². The van der Waals surface area contributed by atoms with Crippen LogP contribution in [0.25, 0.3) is 22.2 Å². The van der Waals surface area contributed by atoms with Crippen molar-refractivity contribution in [3.8, 4) is 22.8 Å². The Bertz CT molecular complexity index is 1850. The molecule has 12 heteroatoms. The molecule has 1 unspecified atom stereocenters. The van der Waals surface area contributed by atoms with Crippen LogP contribution in [-0.2, 0) is 10.4 Å². The van der Waals surface area contributed by atoms with Crippen molar-refractivity contribution in [3.05, 3.63) is 80.8 Å². The van der Waals surface area contributed by atoms with Gasteiger partial charge in [-0.25, -0.2) is 14.4 Å². The van der Waals surface area contributed by atoms with E-state index in [0.29, 0.717) is 56.2 Å². The van der Waals surface area contributed by atoms with Gasteiger partial charge in [-0.3, -0.25) is 9.59 Å². The maximum Gasteiger partial charge on any atom is 0.251 e. The van der Waals surface area contributed by atoms with Crippen LogP contribution in [0.4, 0.5) is 4.39 Å². The number of amides is 2. The summed E-state index contributed by atoms with van der Waals surface area (Å²) in [6.45, 7) is 1.89. The number of halogens is 3. The van der Waals surface area contributed by atoms with Gasteiger partial charge in [0, 0.05) is 34.4 Å². The first-order chi connectivity index (χ1) is 21.5. The lowest BCUT2D eigenvalue weighted by molar-refractivity contribution is -0.118. The fraction of sp³-hybridized carbons (Fsp3) is 0.333. The molecule has 2 aromatic carbocycles. The van der Waals surface area contributed by atoms with Gasteiger partial charge < -0.3 is 25.6 Å². The van der Waals surface area contributed by atoms with E-state index in [-0.39, 0.29) is 47.8 Å². The lowest BCUT2D eigenvalue weighted by Crippen LogP contribution is -2.43. The number of carbonyl (C=O) groups is 2. The standard InChI is InChI=1S/C33H31Cl2FN4O5/c1-16-23(34)11-18-10-19(12-25(44-2)29(18)39-16)32(42)38-15-33(43,20-7-8-20)26-13-22-17(6-9-27(37)41)14-45-31(22)30(40-26)21-4-3-5-24(36)28(21)35/h3-5,10-13,17,20,43H,6-9,14-15H2,1-2H3,(H2,37,41)(H,38,42)/t17-,33?/m1/s1. The van der Waals surface area contributed by atoms with Crippen molar-refractivity contribution in [1.82, 2.24) is 15.3 Å². The summed E-state index contributed by atoms with van der Waals surface area (Å²) in [5.41, 5.74) is 6.94. The van der Waals surface area contributed by atoms with Crippen molar-refractivity contribution >= 4 is 45.9 Å². The van der Waals surface area contributed by atoms with Gasteiger partial charge in [0.25, 0.3) is 5.91 Å². The average molecular weight is 654 g/mol. The Balaban J connectivity index is 1.38. The number of hydrogen-bond acceptors (Lipinski definition) is 7. The minimum atomic E-state index is -1.57. The average Bonchev–Trinajstić information content (AvgIpc) is 3.80. The highest BCUT2D eigenvalue weighted by atomic mass is 35.5. The number of aromatic nitrogens is 2. The van der Waals surface area contributed by atoms with E-state index in [4.69, 9.17) is 43.4 Å². The van der Waals surface area contributed by atoms with Gasteiger partial charge >= 0.3 is 0 Å². The molecule has 1 saturated carbocycles. The van der Waals surface area contributed by atoms with E-state index in [1.807, 2.05) is 0 Å². The Morgan fingerprint density at radius 1 is 1.20 bits per heavy atom. The summed E-state index contributed by atoms with van der Waals surface area (Å²) in [6.07, 6.45) is 1.99. The number of pyridine rings is 2. The number of primary amides is 1. The highest BCUT2D eigenvalue weighted by molar-refractivity contribution is 6.33. The van der Waals surface area contributed by atoms with Crippen LogP contribution in [-0.4, -0.2) is 47.2 Å². The van der Waals surface area contributed by atoms with E-state index in [0.717, 1.165) is 12.8 Å². The van der Waals surface area contributed by atoms with Crippen LogP contribution in [0, 0.1) is 18.7 Å². The van der Waals surface area contributed by atoms with Crippen molar-refractivity contribution in [3.63, 3.8) is 0 Å². The smallest absolute Gasteiger partial charge is 0.251 e. The van der Waals surface area contributed by atoms with Gasteiger partial charge in [0.15, 0.2) is 0 Å². The number of aryl methyl sites for hydroxylation is 1. The van der Waals surface area contributed by atoms with Crippen molar-refractivity contribution in [1.29, 1.82) is 0 Å². The second-order valence-electron chi connectivity index (χ2n) is 11.6. The van der Waals surface area contributed by atoms with Gasteiger partial charge in [-0.1, -0.05) is 35.3 Å². The summed E-state index contributed by atoms with van der Waals surface area (Å²) < 4.78 is 26.1. The van der Waals surface area contributed by atoms with Crippen LogP contribution < -0.4 is 20.5 Å². The molecule has 1 aliphatic heterocycles. The summed E-state index contributed by atoms with van der Waals surface area (Å²) in [7, 11) is 1.50. The summed E-state index contributed by atoms with van der Waals surface area (Å²) in [6, 6.07) is 11.1. The molecule has 2 aliphatic rings. The Morgan fingerprint density at radius 2 is 1.98 bits per heavy atom. The van der Waals surface area contributed by atoms with E-state index in [9.17, 15) is 19.1 Å². The van der Waals surface area contributed by atoms with Gasteiger partial charge in [-0.15, -0.1) is 0 Å². The fourth-order valence-corrected chi connectivity index (χ4v) is 6.23. The highest BCUT2D eigenvalue weighted by Crippen LogP contribution is 2.50. The summed E-state index contributed by atoms with van der Waals surface area (Å²) >= 11 is 12.7. The predicted molar refractivity (Wildman–Crippen MR) is 168 cm³/mol. The molecule has 0 saturated heterocycles. The maximum absolute atomic E-state index is 14.6. The van der Waals surface area contributed by atoms with E-state index < -0.39 is 23.2 Å². The molecule has 2 amide bonds. The molecule has 2 aromatic heterocycles. The number of carbonyl (C=O) groups excluding carboxylic acids is 2. The number of benzene rings is 2. The molecule has 0 spiro atoms. The molecule has 1 aliphatic carbocycles. The zero-order chi connectivity index (χ0) is 32.0. The third kappa shape index (κ3) is 5.90. The molecule has 9 nitrogen and oxygen atoms in total. The van der Waals surface area contributed by atoms with Crippen molar-refractivity contribution in [2.45, 2.75) is 44.1 Å². The molecular weight excluding hydrogens is 622 g/mol.